The molecule has 0 fully saturated rings. The molecule has 0 heterocycles. The Morgan fingerprint density at radius 1 is 0.958 bits per heavy atom. The molecule has 2 aromatic rings. The molecule has 0 amide bonds. The number of benzene rings is 2. The Kier molecular flexibility index (Phi) is 6.09. The molecule has 0 radical (unpaired) electrons. The van der Waals surface area contributed by atoms with Gasteiger partial charge in [0, 0.05) is 12.5 Å². The van der Waals surface area contributed by atoms with Crippen molar-refractivity contribution in [2.45, 2.75) is 6.42 Å². The van der Waals surface area contributed by atoms with E-state index in [1.165, 1.54) is 14.2 Å². The van der Waals surface area contributed by atoms with Gasteiger partial charge in [-0.05, 0) is 41.8 Å². The summed E-state index contributed by atoms with van der Waals surface area (Å²) in [6, 6.07) is 10.2. The quantitative estimate of drug-likeness (QED) is 0.727. The first-order valence-electron chi connectivity index (χ1n) is 7.59. The maximum Gasteiger partial charge on any atom is 0.161 e. The van der Waals surface area contributed by atoms with Crippen molar-refractivity contribution >= 4 is 6.08 Å². The van der Waals surface area contributed by atoms with Crippen molar-refractivity contribution in [2.24, 2.45) is 5.92 Å². The maximum atomic E-state index is 9.63. The van der Waals surface area contributed by atoms with Crippen LogP contribution in [0, 0.1) is 5.92 Å². The maximum absolute atomic E-state index is 9.63. The van der Waals surface area contributed by atoms with Crippen molar-refractivity contribution < 1.29 is 24.8 Å². The van der Waals surface area contributed by atoms with E-state index >= 15 is 0 Å². The molecule has 0 aromatic heterocycles. The number of hydrogen-bond acceptors (Lipinski definition) is 5. The molecule has 0 aliphatic rings. The van der Waals surface area contributed by atoms with Crippen LogP contribution in [0.1, 0.15) is 11.1 Å². The molecular formula is C19H22O5. The molecule has 0 bridgehead atoms. The van der Waals surface area contributed by atoms with Gasteiger partial charge in [0.1, 0.15) is 0 Å². The van der Waals surface area contributed by atoms with Crippen molar-refractivity contribution in [1.29, 1.82) is 0 Å². The van der Waals surface area contributed by atoms with Crippen LogP contribution in [0.15, 0.2) is 42.5 Å². The third-order valence-electron chi connectivity index (χ3n) is 3.74. The monoisotopic (exact) mass is 330 g/mol. The summed E-state index contributed by atoms with van der Waals surface area (Å²) in [5.41, 5.74) is 1.82. The second-order valence-corrected chi connectivity index (χ2v) is 5.44. The van der Waals surface area contributed by atoms with Gasteiger partial charge in [0.25, 0.3) is 0 Å². The number of phenolic OH excluding ortho intramolecular Hbond substituents is 2. The zero-order chi connectivity index (χ0) is 17.5. The van der Waals surface area contributed by atoms with E-state index < -0.39 is 0 Å². The normalized spacial score (nSPS) is 12.3. The molecule has 1 atom stereocenters. The third-order valence-corrected chi connectivity index (χ3v) is 3.74. The van der Waals surface area contributed by atoms with E-state index in [0.717, 1.165) is 11.1 Å². The minimum absolute atomic E-state index is 0.00505. The Hall–Kier alpha value is -2.66. The number of hydrogen-bond donors (Lipinski definition) is 3. The van der Waals surface area contributed by atoms with Crippen LogP contribution in [0.25, 0.3) is 6.08 Å². The first-order chi connectivity index (χ1) is 11.6. The van der Waals surface area contributed by atoms with Crippen LogP contribution in [0.4, 0.5) is 0 Å². The Morgan fingerprint density at radius 3 is 2.21 bits per heavy atom. The lowest BCUT2D eigenvalue weighted by atomic mass is 9.98. The minimum Gasteiger partial charge on any atom is -0.504 e. The Balaban J connectivity index is 2.11. The van der Waals surface area contributed by atoms with E-state index in [4.69, 9.17) is 9.47 Å². The first kappa shape index (κ1) is 17.7. The molecule has 128 valence electrons. The van der Waals surface area contributed by atoms with Gasteiger partial charge in [-0.25, -0.2) is 0 Å². The fraction of sp³-hybridized carbons (Fsp3) is 0.263. The van der Waals surface area contributed by atoms with E-state index in [2.05, 4.69) is 0 Å². The van der Waals surface area contributed by atoms with Crippen LogP contribution in [-0.4, -0.2) is 36.1 Å². The van der Waals surface area contributed by atoms with Gasteiger partial charge in [-0.1, -0.05) is 24.3 Å². The molecule has 0 spiro atoms. The molecule has 2 rings (SSSR count). The standard InChI is InChI=1S/C19H22O5/c1-23-18-10-13(5-7-16(18)21)3-4-15(12-20)9-14-6-8-17(22)19(11-14)24-2/h3-8,10-11,15,20-22H,9,12H2,1-2H3/b4-3+/t15-/m1/s1. The molecular weight excluding hydrogens is 308 g/mol. The van der Waals surface area contributed by atoms with Gasteiger partial charge in [0.2, 0.25) is 0 Å². The van der Waals surface area contributed by atoms with Gasteiger partial charge in [0.05, 0.1) is 14.2 Å². The fourth-order valence-electron chi connectivity index (χ4n) is 2.39. The van der Waals surface area contributed by atoms with Crippen molar-refractivity contribution in [3.63, 3.8) is 0 Å². The van der Waals surface area contributed by atoms with Gasteiger partial charge < -0.3 is 24.8 Å². The molecule has 24 heavy (non-hydrogen) atoms. The largest absolute Gasteiger partial charge is 0.504 e. The minimum atomic E-state index is -0.0842. The van der Waals surface area contributed by atoms with E-state index in [1.807, 2.05) is 12.2 Å². The lowest BCUT2D eigenvalue weighted by molar-refractivity contribution is 0.252. The highest BCUT2D eigenvalue weighted by atomic mass is 16.5. The SMILES string of the molecule is COc1cc(/C=C/[C@@H](CO)Cc2ccc(O)c(OC)c2)ccc1O. The topological polar surface area (TPSA) is 79.2 Å². The van der Waals surface area contributed by atoms with Crippen LogP contribution >= 0.6 is 0 Å². The van der Waals surface area contributed by atoms with Gasteiger partial charge >= 0.3 is 0 Å². The molecule has 5 nitrogen and oxygen atoms in total. The number of phenols is 2. The smallest absolute Gasteiger partial charge is 0.161 e. The molecule has 0 unspecified atom stereocenters. The molecule has 2 aromatic carbocycles. The van der Waals surface area contributed by atoms with Crippen molar-refractivity contribution in [1.82, 2.24) is 0 Å². The summed E-state index contributed by atoms with van der Waals surface area (Å²) in [6.07, 6.45) is 4.39. The van der Waals surface area contributed by atoms with E-state index in [0.29, 0.717) is 17.9 Å². The summed E-state index contributed by atoms with van der Waals surface area (Å²) in [6.45, 7) is -0.00505. The number of rotatable bonds is 7. The van der Waals surface area contributed by atoms with Gasteiger partial charge in [-0.15, -0.1) is 0 Å². The Morgan fingerprint density at radius 2 is 1.58 bits per heavy atom. The van der Waals surface area contributed by atoms with Gasteiger partial charge in [-0.2, -0.15) is 0 Å². The van der Waals surface area contributed by atoms with Crippen LogP contribution in [-0.2, 0) is 6.42 Å². The summed E-state index contributed by atoms with van der Waals surface area (Å²) in [5.74, 6) is 0.912. The zero-order valence-corrected chi connectivity index (χ0v) is 13.8. The van der Waals surface area contributed by atoms with E-state index in [9.17, 15) is 15.3 Å². The third kappa shape index (κ3) is 4.43. The molecule has 5 heteroatoms. The predicted molar refractivity (Wildman–Crippen MR) is 92.6 cm³/mol. The number of aromatic hydroxyl groups is 2. The van der Waals surface area contributed by atoms with Crippen LogP contribution < -0.4 is 9.47 Å². The highest BCUT2D eigenvalue weighted by molar-refractivity contribution is 5.55. The van der Waals surface area contributed by atoms with Crippen molar-refractivity contribution in [2.75, 3.05) is 20.8 Å². The van der Waals surface area contributed by atoms with Crippen LogP contribution in [0.2, 0.25) is 0 Å². The Bertz CT molecular complexity index is 709. The molecule has 3 N–H and O–H groups in total. The van der Waals surface area contributed by atoms with Crippen LogP contribution in [0.3, 0.4) is 0 Å². The molecule has 0 saturated carbocycles. The average molecular weight is 330 g/mol. The zero-order valence-electron chi connectivity index (χ0n) is 13.8. The number of ether oxygens (including phenoxy) is 2. The van der Waals surface area contributed by atoms with Gasteiger partial charge in [0.15, 0.2) is 23.0 Å². The highest BCUT2D eigenvalue weighted by Crippen LogP contribution is 2.28. The van der Waals surface area contributed by atoms with Crippen molar-refractivity contribution in [3.05, 3.63) is 53.6 Å². The lowest BCUT2D eigenvalue weighted by Crippen LogP contribution is -2.06. The van der Waals surface area contributed by atoms with Crippen molar-refractivity contribution in [3.8, 4) is 23.0 Å². The summed E-state index contributed by atoms with van der Waals surface area (Å²) < 4.78 is 10.2. The number of aliphatic hydroxyl groups excluding tert-OH is 1. The average Bonchev–Trinajstić information content (AvgIpc) is 2.61. The highest BCUT2D eigenvalue weighted by Gasteiger charge is 2.09. The second kappa shape index (κ2) is 8.26. The lowest BCUT2D eigenvalue weighted by Gasteiger charge is -2.11. The fourth-order valence-corrected chi connectivity index (χ4v) is 2.39. The first-order valence-corrected chi connectivity index (χ1v) is 7.59. The summed E-state index contributed by atoms with van der Waals surface area (Å²) >= 11 is 0. The molecule has 0 aliphatic heterocycles. The van der Waals surface area contributed by atoms with E-state index in [-0.39, 0.29) is 24.0 Å². The molecule has 0 aliphatic carbocycles. The van der Waals surface area contributed by atoms with Crippen LogP contribution in [0.5, 0.6) is 23.0 Å². The summed E-state index contributed by atoms with van der Waals surface area (Å²) in [7, 11) is 3.00. The summed E-state index contributed by atoms with van der Waals surface area (Å²) in [5, 5.41) is 28.8. The number of aliphatic hydroxyl groups is 1. The number of methoxy groups -OCH3 is 2. The predicted octanol–water partition coefficient (Wildman–Crippen LogP) is 2.98. The second-order valence-electron chi connectivity index (χ2n) is 5.44. The van der Waals surface area contributed by atoms with Gasteiger partial charge in [-0.3, -0.25) is 0 Å². The summed E-state index contributed by atoms with van der Waals surface area (Å²) in [4.78, 5) is 0. The Labute approximate surface area is 141 Å². The molecule has 0 saturated heterocycles. The van der Waals surface area contributed by atoms with E-state index in [1.54, 1.807) is 36.4 Å².